The summed E-state index contributed by atoms with van der Waals surface area (Å²) >= 11 is 3.02. The first-order valence-corrected chi connectivity index (χ1v) is 14.8. The molecular weight excluding hydrogens is 528 g/mol. The predicted molar refractivity (Wildman–Crippen MR) is 153 cm³/mol. The lowest BCUT2D eigenvalue weighted by molar-refractivity contribution is 0.0904. The number of furan rings is 1. The van der Waals surface area contributed by atoms with Crippen molar-refractivity contribution in [2.24, 2.45) is 0 Å². The molecule has 1 fully saturated rings. The van der Waals surface area contributed by atoms with Crippen molar-refractivity contribution in [3.05, 3.63) is 101 Å². The van der Waals surface area contributed by atoms with Gasteiger partial charge in [-0.2, -0.15) is 0 Å². The molecule has 5 aromatic rings. The van der Waals surface area contributed by atoms with Gasteiger partial charge in [0.05, 0.1) is 12.0 Å². The van der Waals surface area contributed by atoms with Crippen molar-refractivity contribution in [3.63, 3.8) is 0 Å². The van der Waals surface area contributed by atoms with Gasteiger partial charge < -0.3 is 9.73 Å². The van der Waals surface area contributed by atoms with Crippen molar-refractivity contribution in [2.75, 3.05) is 13.1 Å². The van der Waals surface area contributed by atoms with E-state index in [0.29, 0.717) is 23.0 Å². The van der Waals surface area contributed by atoms with E-state index in [0.717, 1.165) is 48.3 Å². The van der Waals surface area contributed by atoms with Gasteiger partial charge in [-0.25, -0.2) is 4.98 Å². The minimum Gasteiger partial charge on any atom is -0.461 e. The highest BCUT2D eigenvalue weighted by Gasteiger charge is 2.23. The molecule has 4 heterocycles. The van der Waals surface area contributed by atoms with Crippen molar-refractivity contribution in [2.45, 2.75) is 36.3 Å². The zero-order valence-electron chi connectivity index (χ0n) is 21.3. The van der Waals surface area contributed by atoms with Gasteiger partial charge in [-0.05, 0) is 42.7 Å². The van der Waals surface area contributed by atoms with E-state index >= 15 is 0 Å². The third-order valence-electron chi connectivity index (χ3n) is 6.67. The average Bonchev–Trinajstić information content (AvgIpc) is 3.75. The quantitative estimate of drug-likeness (QED) is 0.234. The molecule has 198 valence electrons. The summed E-state index contributed by atoms with van der Waals surface area (Å²) in [5.74, 6) is 1.77. The molecule has 0 radical (unpaired) electrons. The minimum atomic E-state index is -0.100. The number of carbonyl (C=O) groups is 1. The normalized spacial score (nSPS) is 14.5. The fourth-order valence-electron chi connectivity index (χ4n) is 4.68. The van der Waals surface area contributed by atoms with Crippen molar-refractivity contribution in [1.82, 2.24) is 30.0 Å². The Balaban J connectivity index is 1.05. The summed E-state index contributed by atoms with van der Waals surface area (Å²) in [6, 6.07) is 24.4. The smallest absolute Gasteiger partial charge is 0.270 e. The SMILES string of the molecule is O=C(NC1CCN(Cc2ccccc2)CC1)c1csc(CSc2nnc(-c3ccco3)n2-c2ccccc2)n1. The lowest BCUT2D eigenvalue weighted by atomic mass is 10.0. The largest absolute Gasteiger partial charge is 0.461 e. The van der Waals surface area contributed by atoms with Gasteiger partial charge >= 0.3 is 0 Å². The maximum atomic E-state index is 12.9. The van der Waals surface area contributed by atoms with E-state index in [4.69, 9.17) is 4.42 Å². The van der Waals surface area contributed by atoms with Gasteiger partial charge in [0, 0.05) is 36.7 Å². The maximum absolute atomic E-state index is 12.9. The Bertz CT molecular complexity index is 1490. The summed E-state index contributed by atoms with van der Waals surface area (Å²) in [6.07, 6.45) is 3.51. The highest BCUT2D eigenvalue weighted by molar-refractivity contribution is 7.98. The second-order valence-corrected chi connectivity index (χ2v) is 11.3. The van der Waals surface area contributed by atoms with Gasteiger partial charge in [0.1, 0.15) is 10.7 Å². The predicted octanol–water partition coefficient (Wildman–Crippen LogP) is 5.67. The first kappa shape index (κ1) is 25.5. The number of carbonyl (C=O) groups excluding carboxylic acids is 1. The first-order valence-electron chi connectivity index (χ1n) is 12.9. The van der Waals surface area contributed by atoms with E-state index in [-0.39, 0.29) is 11.9 Å². The molecule has 0 bridgehead atoms. The molecule has 8 nitrogen and oxygen atoms in total. The van der Waals surface area contributed by atoms with Crippen LogP contribution in [0.5, 0.6) is 0 Å². The Morgan fingerprint density at radius 1 is 1.00 bits per heavy atom. The lowest BCUT2D eigenvalue weighted by Gasteiger charge is -2.32. The van der Waals surface area contributed by atoms with Crippen LogP contribution in [0.4, 0.5) is 0 Å². The monoisotopic (exact) mass is 556 g/mol. The highest BCUT2D eigenvalue weighted by atomic mass is 32.2. The lowest BCUT2D eigenvalue weighted by Crippen LogP contribution is -2.44. The third-order valence-corrected chi connectivity index (χ3v) is 8.64. The number of benzene rings is 2. The Labute approximate surface area is 235 Å². The van der Waals surface area contributed by atoms with E-state index in [1.54, 1.807) is 6.26 Å². The van der Waals surface area contributed by atoms with Gasteiger partial charge in [0.25, 0.3) is 5.91 Å². The van der Waals surface area contributed by atoms with E-state index in [2.05, 4.69) is 49.7 Å². The minimum absolute atomic E-state index is 0.100. The van der Waals surface area contributed by atoms with Gasteiger partial charge in [0.2, 0.25) is 5.82 Å². The molecule has 1 N–H and O–H groups in total. The molecule has 1 aliphatic rings. The summed E-state index contributed by atoms with van der Waals surface area (Å²) < 4.78 is 7.57. The van der Waals surface area contributed by atoms with Gasteiger partial charge in [-0.3, -0.25) is 14.3 Å². The highest BCUT2D eigenvalue weighted by Crippen LogP contribution is 2.30. The van der Waals surface area contributed by atoms with E-state index in [9.17, 15) is 4.79 Å². The van der Waals surface area contributed by atoms with Crippen molar-refractivity contribution >= 4 is 29.0 Å². The van der Waals surface area contributed by atoms with Crippen LogP contribution >= 0.6 is 23.1 Å². The average molecular weight is 557 g/mol. The molecule has 0 aliphatic carbocycles. The third kappa shape index (κ3) is 6.13. The first-order chi connectivity index (χ1) is 19.2. The van der Waals surface area contributed by atoms with E-state index in [1.165, 1.54) is 28.7 Å². The topological polar surface area (TPSA) is 89.1 Å². The molecule has 39 heavy (non-hydrogen) atoms. The van der Waals surface area contributed by atoms with Crippen LogP contribution in [0.3, 0.4) is 0 Å². The number of thiazole rings is 1. The molecule has 1 amide bonds. The summed E-state index contributed by atoms with van der Waals surface area (Å²) in [4.78, 5) is 20.0. The molecule has 2 aromatic carbocycles. The summed E-state index contributed by atoms with van der Waals surface area (Å²) in [5, 5.41) is 15.4. The second-order valence-electron chi connectivity index (χ2n) is 9.38. The van der Waals surface area contributed by atoms with Crippen molar-refractivity contribution in [3.8, 4) is 17.3 Å². The number of amides is 1. The zero-order valence-corrected chi connectivity index (χ0v) is 22.9. The molecule has 10 heteroatoms. The maximum Gasteiger partial charge on any atom is 0.270 e. The molecule has 6 rings (SSSR count). The molecule has 0 unspecified atom stereocenters. The van der Waals surface area contributed by atoms with Crippen LogP contribution in [0.25, 0.3) is 17.3 Å². The number of para-hydroxylation sites is 1. The standard InChI is InChI=1S/C29H28N6O2S2/c36-28(30-22-13-15-34(16-14-22)18-21-8-3-1-4-9-21)24-19-38-26(31-24)20-39-29-33-32-27(25-12-7-17-37-25)35(29)23-10-5-2-6-11-23/h1-12,17,19,22H,13-16,18,20H2,(H,30,36). The molecule has 0 saturated carbocycles. The molecular formula is C29H28N6O2S2. The van der Waals surface area contributed by atoms with Crippen LogP contribution in [-0.2, 0) is 12.3 Å². The molecule has 1 aliphatic heterocycles. The number of nitrogens with zero attached hydrogens (tertiary/aromatic N) is 5. The number of likely N-dealkylation sites (tertiary alicyclic amines) is 1. The van der Waals surface area contributed by atoms with E-state index in [1.807, 2.05) is 58.5 Å². The van der Waals surface area contributed by atoms with Crippen molar-refractivity contribution in [1.29, 1.82) is 0 Å². The van der Waals surface area contributed by atoms with Crippen molar-refractivity contribution < 1.29 is 9.21 Å². The Kier molecular flexibility index (Phi) is 7.85. The second kappa shape index (κ2) is 12.0. The summed E-state index contributed by atoms with van der Waals surface area (Å²) in [6.45, 7) is 2.90. The fraction of sp³-hybridized carbons (Fsp3) is 0.241. The number of rotatable bonds is 9. The molecule has 0 atom stereocenters. The number of nitrogens with one attached hydrogen (secondary N) is 1. The van der Waals surface area contributed by atoms with Crippen LogP contribution in [0.2, 0.25) is 0 Å². The van der Waals surface area contributed by atoms with Gasteiger partial charge in [-0.1, -0.05) is 60.3 Å². The number of thioether (sulfide) groups is 1. The Morgan fingerprint density at radius 3 is 2.51 bits per heavy atom. The number of hydrogen-bond acceptors (Lipinski definition) is 8. The molecule has 1 saturated heterocycles. The van der Waals surface area contributed by atoms with Crippen LogP contribution in [0, 0.1) is 0 Å². The van der Waals surface area contributed by atoms with E-state index < -0.39 is 0 Å². The number of aromatic nitrogens is 4. The number of hydrogen-bond donors (Lipinski definition) is 1. The zero-order chi connectivity index (χ0) is 26.4. The van der Waals surface area contributed by atoms with Crippen LogP contribution < -0.4 is 5.32 Å². The fourth-order valence-corrected chi connectivity index (χ4v) is 6.43. The van der Waals surface area contributed by atoms with Crippen LogP contribution in [0.15, 0.2) is 94.0 Å². The van der Waals surface area contributed by atoms with Crippen LogP contribution in [0.1, 0.15) is 33.9 Å². The van der Waals surface area contributed by atoms with Crippen LogP contribution in [-0.4, -0.2) is 49.7 Å². The van der Waals surface area contributed by atoms with Gasteiger partial charge in [-0.15, -0.1) is 21.5 Å². The molecule has 0 spiro atoms. The molecule has 3 aromatic heterocycles. The Morgan fingerprint density at radius 2 is 1.77 bits per heavy atom. The summed E-state index contributed by atoms with van der Waals surface area (Å²) in [7, 11) is 0. The Hall–Kier alpha value is -3.73. The number of piperidine rings is 1. The van der Waals surface area contributed by atoms with Gasteiger partial charge in [0.15, 0.2) is 10.9 Å². The summed E-state index contributed by atoms with van der Waals surface area (Å²) in [5.41, 5.74) is 2.75.